The minimum Gasteiger partial charge on any atom is -0.0651 e. The normalized spacial score (nSPS) is 11.1. The zero-order valence-corrected chi connectivity index (χ0v) is 10.9. The molecule has 0 aliphatic carbocycles. The van der Waals surface area contributed by atoms with Crippen LogP contribution in [0.2, 0.25) is 0 Å². The molecule has 15 heavy (non-hydrogen) atoms. The van der Waals surface area contributed by atoms with E-state index in [2.05, 4.69) is 46.8 Å². The standard InChI is InChI=1S/C15H24/c1-6-8-14-12(5)9-10-13(7-2)15(14)11(3)4/h9-11H,6-8H2,1-5H3. The monoisotopic (exact) mass is 204 g/mol. The lowest BCUT2D eigenvalue weighted by atomic mass is 9.86. The molecule has 0 unspecified atom stereocenters. The van der Waals surface area contributed by atoms with Gasteiger partial charge in [-0.2, -0.15) is 0 Å². The minimum absolute atomic E-state index is 0.654. The number of rotatable bonds is 4. The molecule has 0 aliphatic heterocycles. The molecule has 84 valence electrons. The van der Waals surface area contributed by atoms with E-state index in [-0.39, 0.29) is 0 Å². The molecule has 0 spiro atoms. The molecule has 0 amide bonds. The van der Waals surface area contributed by atoms with E-state index in [1.54, 1.807) is 16.7 Å². The van der Waals surface area contributed by atoms with Crippen LogP contribution in [0.4, 0.5) is 0 Å². The largest absolute Gasteiger partial charge is 0.0651 e. The number of hydrogen-bond donors (Lipinski definition) is 0. The second-order valence-corrected chi connectivity index (χ2v) is 4.69. The highest BCUT2D eigenvalue weighted by molar-refractivity contribution is 5.42. The number of hydrogen-bond acceptors (Lipinski definition) is 0. The molecular weight excluding hydrogens is 180 g/mol. The molecule has 0 heteroatoms. The lowest BCUT2D eigenvalue weighted by Gasteiger charge is -2.19. The van der Waals surface area contributed by atoms with Gasteiger partial charge in [0.25, 0.3) is 0 Å². The third-order valence-corrected chi connectivity index (χ3v) is 3.14. The third-order valence-electron chi connectivity index (χ3n) is 3.14. The Kier molecular flexibility index (Phi) is 4.38. The Bertz CT molecular complexity index is 321. The van der Waals surface area contributed by atoms with E-state index in [0.29, 0.717) is 5.92 Å². The van der Waals surface area contributed by atoms with Crippen molar-refractivity contribution in [1.82, 2.24) is 0 Å². The summed E-state index contributed by atoms with van der Waals surface area (Å²) >= 11 is 0. The summed E-state index contributed by atoms with van der Waals surface area (Å²) in [7, 11) is 0. The highest BCUT2D eigenvalue weighted by Crippen LogP contribution is 2.28. The van der Waals surface area contributed by atoms with Crippen molar-refractivity contribution in [2.75, 3.05) is 0 Å². The Morgan fingerprint density at radius 1 is 1.13 bits per heavy atom. The molecule has 0 saturated heterocycles. The quantitative estimate of drug-likeness (QED) is 0.670. The van der Waals surface area contributed by atoms with E-state index in [1.165, 1.54) is 18.4 Å². The second-order valence-electron chi connectivity index (χ2n) is 4.69. The lowest BCUT2D eigenvalue weighted by molar-refractivity contribution is 0.797. The Balaban J connectivity index is 3.30. The summed E-state index contributed by atoms with van der Waals surface area (Å²) in [5.74, 6) is 0.654. The molecular formula is C15H24. The minimum atomic E-state index is 0.654. The van der Waals surface area contributed by atoms with Gasteiger partial charge in [0.2, 0.25) is 0 Å². The van der Waals surface area contributed by atoms with Gasteiger partial charge < -0.3 is 0 Å². The van der Waals surface area contributed by atoms with Gasteiger partial charge in [0.1, 0.15) is 0 Å². The van der Waals surface area contributed by atoms with Gasteiger partial charge in [-0.05, 0) is 47.9 Å². The van der Waals surface area contributed by atoms with E-state index in [0.717, 1.165) is 6.42 Å². The van der Waals surface area contributed by atoms with Gasteiger partial charge in [0.05, 0.1) is 0 Å². The first-order valence-electron chi connectivity index (χ1n) is 6.23. The first-order valence-corrected chi connectivity index (χ1v) is 6.23. The maximum atomic E-state index is 2.31. The van der Waals surface area contributed by atoms with Gasteiger partial charge in [-0.1, -0.05) is 46.2 Å². The fourth-order valence-electron chi connectivity index (χ4n) is 2.43. The zero-order chi connectivity index (χ0) is 11.4. The van der Waals surface area contributed by atoms with Crippen molar-refractivity contribution in [2.24, 2.45) is 0 Å². The molecule has 0 N–H and O–H groups in total. The van der Waals surface area contributed by atoms with E-state index >= 15 is 0 Å². The average molecular weight is 204 g/mol. The van der Waals surface area contributed by atoms with Gasteiger partial charge in [-0.15, -0.1) is 0 Å². The molecule has 0 atom stereocenters. The molecule has 0 fully saturated rings. The summed E-state index contributed by atoms with van der Waals surface area (Å²) in [5, 5.41) is 0. The van der Waals surface area contributed by atoms with Crippen LogP contribution < -0.4 is 0 Å². The smallest absolute Gasteiger partial charge is 0.0213 e. The first kappa shape index (κ1) is 12.3. The molecule has 1 aromatic rings. The van der Waals surface area contributed by atoms with Gasteiger partial charge >= 0.3 is 0 Å². The van der Waals surface area contributed by atoms with Crippen LogP contribution in [-0.4, -0.2) is 0 Å². The molecule has 1 rings (SSSR count). The van der Waals surface area contributed by atoms with Gasteiger partial charge in [-0.3, -0.25) is 0 Å². The van der Waals surface area contributed by atoms with Gasteiger partial charge in [-0.25, -0.2) is 0 Å². The van der Waals surface area contributed by atoms with Crippen molar-refractivity contribution in [3.8, 4) is 0 Å². The van der Waals surface area contributed by atoms with Crippen LogP contribution in [-0.2, 0) is 12.8 Å². The molecule has 0 saturated carbocycles. The van der Waals surface area contributed by atoms with Crippen LogP contribution in [0.3, 0.4) is 0 Å². The van der Waals surface area contributed by atoms with Crippen molar-refractivity contribution < 1.29 is 0 Å². The molecule has 0 aromatic heterocycles. The Morgan fingerprint density at radius 3 is 2.27 bits per heavy atom. The van der Waals surface area contributed by atoms with Crippen molar-refractivity contribution in [2.45, 2.75) is 59.8 Å². The SMILES string of the molecule is CCCc1c(C)ccc(CC)c1C(C)C. The number of aryl methyl sites for hydroxylation is 2. The Hall–Kier alpha value is -0.780. The molecule has 0 nitrogen and oxygen atoms in total. The lowest BCUT2D eigenvalue weighted by Crippen LogP contribution is -2.04. The summed E-state index contributed by atoms with van der Waals surface area (Å²) < 4.78 is 0. The molecule has 0 radical (unpaired) electrons. The Morgan fingerprint density at radius 2 is 1.80 bits per heavy atom. The molecule has 0 aliphatic rings. The highest BCUT2D eigenvalue weighted by Gasteiger charge is 2.12. The maximum Gasteiger partial charge on any atom is -0.0213 e. The predicted molar refractivity (Wildman–Crippen MR) is 68.6 cm³/mol. The summed E-state index contributed by atoms with van der Waals surface area (Å²) in [4.78, 5) is 0. The third kappa shape index (κ3) is 2.62. The van der Waals surface area contributed by atoms with E-state index in [1.807, 2.05) is 0 Å². The van der Waals surface area contributed by atoms with Gasteiger partial charge in [0, 0.05) is 0 Å². The summed E-state index contributed by atoms with van der Waals surface area (Å²) in [5.41, 5.74) is 6.23. The van der Waals surface area contributed by atoms with Gasteiger partial charge in [0.15, 0.2) is 0 Å². The topological polar surface area (TPSA) is 0 Å². The fourth-order valence-corrected chi connectivity index (χ4v) is 2.43. The van der Waals surface area contributed by atoms with Crippen LogP contribution in [0.15, 0.2) is 12.1 Å². The first-order chi connectivity index (χ1) is 7.11. The van der Waals surface area contributed by atoms with E-state index in [9.17, 15) is 0 Å². The summed E-state index contributed by atoms with van der Waals surface area (Å²) in [6.45, 7) is 11.4. The van der Waals surface area contributed by atoms with Crippen LogP contribution in [0.1, 0.15) is 62.3 Å². The Labute approximate surface area is 94.7 Å². The van der Waals surface area contributed by atoms with Crippen LogP contribution >= 0.6 is 0 Å². The van der Waals surface area contributed by atoms with Crippen LogP contribution in [0.25, 0.3) is 0 Å². The fraction of sp³-hybridized carbons (Fsp3) is 0.600. The highest BCUT2D eigenvalue weighted by atomic mass is 14.2. The molecule has 1 aromatic carbocycles. The van der Waals surface area contributed by atoms with E-state index < -0.39 is 0 Å². The summed E-state index contributed by atoms with van der Waals surface area (Å²) in [6, 6.07) is 4.60. The van der Waals surface area contributed by atoms with Crippen molar-refractivity contribution >= 4 is 0 Å². The zero-order valence-electron chi connectivity index (χ0n) is 10.9. The predicted octanol–water partition coefficient (Wildman–Crippen LogP) is 4.63. The molecule has 0 heterocycles. The average Bonchev–Trinajstić information content (AvgIpc) is 2.20. The maximum absolute atomic E-state index is 2.31. The van der Waals surface area contributed by atoms with Crippen molar-refractivity contribution in [3.05, 3.63) is 34.4 Å². The van der Waals surface area contributed by atoms with Crippen LogP contribution in [0.5, 0.6) is 0 Å². The molecule has 0 bridgehead atoms. The van der Waals surface area contributed by atoms with Crippen molar-refractivity contribution in [3.63, 3.8) is 0 Å². The van der Waals surface area contributed by atoms with E-state index in [4.69, 9.17) is 0 Å². The van der Waals surface area contributed by atoms with Crippen LogP contribution in [0, 0.1) is 6.92 Å². The summed E-state index contributed by atoms with van der Waals surface area (Å²) in [6.07, 6.45) is 3.63. The van der Waals surface area contributed by atoms with Crippen molar-refractivity contribution in [1.29, 1.82) is 0 Å². The number of benzene rings is 1. The second kappa shape index (κ2) is 5.34.